The molecular weight excluding hydrogens is 436 g/mol. The van der Waals surface area contributed by atoms with Gasteiger partial charge < -0.3 is 0 Å². The van der Waals surface area contributed by atoms with Crippen molar-refractivity contribution >= 4 is 0 Å². The van der Waals surface area contributed by atoms with Gasteiger partial charge >= 0.3 is 0 Å². The average molecular weight is 473 g/mol. The van der Waals surface area contributed by atoms with Crippen molar-refractivity contribution in [1.29, 1.82) is 0 Å². The monoisotopic (exact) mass is 472 g/mol. The third kappa shape index (κ3) is 2.45. The largest absolute Gasteiger partial charge is 0.273 e. The summed E-state index contributed by atoms with van der Waals surface area (Å²) in [5.41, 5.74) is 11.5. The first kappa shape index (κ1) is 22.3. The number of nitrogens with zero attached hydrogens (tertiary/aromatic N) is 2. The molecule has 4 aliphatic heterocycles. The Morgan fingerprint density at radius 1 is 0.472 bits per heavy atom. The zero-order valence-corrected chi connectivity index (χ0v) is 22.4. The van der Waals surface area contributed by atoms with Crippen LogP contribution in [0, 0.1) is 13.8 Å². The Hall–Kier alpha value is -2.94. The summed E-state index contributed by atoms with van der Waals surface area (Å²) in [5.74, 6) is 0. The highest BCUT2D eigenvalue weighted by atomic mass is 15.3. The molecule has 182 valence electrons. The molecule has 3 aromatic carbocycles. The van der Waals surface area contributed by atoms with Crippen molar-refractivity contribution in [2.75, 3.05) is 0 Å². The molecule has 4 unspecified atom stereocenters. The smallest absolute Gasteiger partial charge is 0.0637 e. The summed E-state index contributed by atoms with van der Waals surface area (Å²) in [6.07, 6.45) is 9.91. The summed E-state index contributed by atoms with van der Waals surface area (Å²) in [6.45, 7) is 16.5. The Morgan fingerprint density at radius 3 is 1.03 bits per heavy atom. The number of hydrogen-bond acceptors (Lipinski definition) is 2. The lowest BCUT2D eigenvalue weighted by Crippen LogP contribution is -2.42. The Bertz CT molecular complexity index is 1290. The molecule has 0 N–H and O–H groups in total. The zero-order chi connectivity index (χ0) is 25.1. The molecule has 0 saturated heterocycles. The minimum atomic E-state index is -0.100. The maximum atomic E-state index is 2.73. The maximum Gasteiger partial charge on any atom is 0.0637 e. The van der Waals surface area contributed by atoms with Crippen LogP contribution in [-0.4, -0.2) is 9.80 Å². The van der Waals surface area contributed by atoms with E-state index < -0.39 is 0 Å². The summed E-state index contributed by atoms with van der Waals surface area (Å²) in [7, 11) is 0. The van der Waals surface area contributed by atoms with Crippen LogP contribution < -0.4 is 0 Å². The lowest BCUT2D eigenvalue weighted by molar-refractivity contribution is 0.0857. The minimum Gasteiger partial charge on any atom is -0.273 e. The molecule has 4 atom stereocenters. The van der Waals surface area contributed by atoms with Crippen LogP contribution in [-0.2, 0) is 35.2 Å². The molecule has 0 spiro atoms. The van der Waals surface area contributed by atoms with Crippen molar-refractivity contribution in [3.05, 3.63) is 129 Å². The van der Waals surface area contributed by atoms with Crippen LogP contribution in [0.25, 0.3) is 0 Å². The summed E-state index contributed by atoms with van der Waals surface area (Å²) in [6, 6.07) is 21.9. The third-order valence-corrected chi connectivity index (χ3v) is 10.1. The molecule has 0 aliphatic carbocycles. The van der Waals surface area contributed by atoms with Gasteiger partial charge in [-0.2, -0.15) is 0 Å². The molecule has 4 aliphatic rings. The first-order valence-corrected chi connectivity index (χ1v) is 13.4. The van der Waals surface area contributed by atoms with E-state index in [0.717, 1.165) is 13.1 Å². The predicted octanol–water partition coefficient (Wildman–Crippen LogP) is 7.34. The van der Waals surface area contributed by atoms with Gasteiger partial charge in [0.1, 0.15) is 0 Å². The Morgan fingerprint density at radius 2 is 0.750 bits per heavy atom. The fraction of sp³-hybridized carbons (Fsp3) is 0.353. The second-order valence-electron chi connectivity index (χ2n) is 12.2. The van der Waals surface area contributed by atoms with E-state index in [2.05, 4.69) is 136 Å². The van der Waals surface area contributed by atoms with Gasteiger partial charge in [0.25, 0.3) is 0 Å². The summed E-state index contributed by atoms with van der Waals surface area (Å²) >= 11 is 0. The van der Waals surface area contributed by atoms with E-state index in [4.69, 9.17) is 0 Å². The average Bonchev–Trinajstić information content (AvgIpc) is 3.42. The molecule has 7 rings (SSSR count). The van der Waals surface area contributed by atoms with Gasteiger partial charge in [-0.25, -0.2) is 0 Å². The lowest BCUT2D eigenvalue weighted by Gasteiger charge is -2.38. The number of hydrogen-bond donors (Lipinski definition) is 0. The number of rotatable bonds is 4. The van der Waals surface area contributed by atoms with Crippen LogP contribution in [0.15, 0.2) is 85.0 Å². The van der Waals surface area contributed by atoms with Crippen molar-refractivity contribution in [3.8, 4) is 0 Å². The van der Waals surface area contributed by atoms with Gasteiger partial charge in [-0.3, -0.25) is 9.80 Å². The topological polar surface area (TPSA) is 6.48 Å². The third-order valence-electron chi connectivity index (χ3n) is 10.1. The van der Waals surface area contributed by atoms with Crippen LogP contribution in [0.2, 0.25) is 0 Å². The van der Waals surface area contributed by atoms with Gasteiger partial charge in [0.2, 0.25) is 0 Å². The molecule has 0 radical (unpaired) electrons. The van der Waals surface area contributed by atoms with Crippen molar-refractivity contribution in [1.82, 2.24) is 9.80 Å². The standard InChI is InChI=1S/C34H36N2/c1-23-27-29(33(5)19-17-31(27,3)35(33)21-25-13-9-7-10-14-25)24(2)30-28(23)32(4)18-20-34(30,6)36(32)22-26-15-11-8-12-16-26/h7-20H,21-22H2,1-6H3. The molecule has 4 heterocycles. The highest BCUT2D eigenvalue weighted by molar-refractivity contribution is 5.70. The van der Waals surface area contributed by atoms with E-state index in [-0.39, 0.29) is 22.2 Å². The summed E-state index contributed by atoms with van der Waals surface area (Å²) < 4.78 is 0. The normalized spacial score (nSPS) is 33.5. The Balaban J connectivity index is 1.41. The van der Waals surface area contributed by atoms with E-state index in [1.165, 1.54) is 22.3 Å². The molecule has 36 heavy (non-hydrogen) atoms. The molecule has 3 aromatic rings. The molecule has 4 bridgehead atoms. The van der Waals surface area contributed by atoms with Crippen LogP contribution in [0.3, 0.4) is 0 Å². The second kappa shape index (κ2) is 6.88. The van der Waals surface area contributed by atoms with Gasteiger partial charge in [-0.15, -0.1) is 0 Å². The van der Waals surface area contributed by atoms with Crippen molar-refractivity contribution in [3.63, 3.8) is 0 Å². The maximum absolute atomic E-state index is 2.73. The van der Waals surface area contributed by atoms with Crippen molar-refractivity contribution < 1.29 is 0 Å². The van der Waals surface area contributed by atoms with E-state index in [9.17, 15) is 0 Å². The fourth-order valence-corrected chi connectivity index (χ4v) is 8.57. The molecule has 2 heteroatoms. The predicted molar refractivity (Wildman–Crippen MR) is 148 cm³/mol. The number of benzene rings is 3. The van der Waals surface area contributed by atoms with Crippen LogP contribution in [0.4, 0.5) is 0 Å². The first-order chi connectivity index (χ1) is 17.1. The number of fused-ring (bicyclic) bond motifs is 10. The zero-order valence-electron chi connectivity index (χ0n) is 22.4. The van der Waals surface area contributed by atoms with Crippen LogP contribution in [0.5, 0.6) is 0 Å². The van der Waals surface area contributed by atoms with Gasteiger partial charge in [0, 0.05) is 13.1 Å². The van der Waals surface area contributed by atoms with Gasteiger partial charge in [0.05, 0.1) is 22.2 Å². The molecule has 0 fully saturated rings. The quantitative estimate of drug-likeness (QED) is 0.367. The van der Waals surface area contributed by atoms with E-state index >= 15 is 0 Å². The summed E-state index contributed by atoms with van der Waals surface area (Å²) in [4.78, 5) is 5.47. The SMILES string of the molecule is Cc1c2c(c(C)c3c1C1(C)C=CC3(C)N1Cc1ccccc1)C1(C)C=CC2(C)N1Cc1ccccc1. The molecule has 0 aromatic heterocycles. The Labute approximate surface area is 216 Å². The second-order valence-corrected chi connectivity index (χ2v) is 12.2. The van der Waals surface area contributed by atoms with E-state index in [1.54, 1.807) is 22.3 Å². The first-order valence-electron chi connectivity index (χ1n) is 13.4. The Kier molecular flexibility index (Phi) is 4.26. The highest BCUT2D eigenvalue weighted by Crippen LogP contribution is 2.65. The molecule has 2 nitrogen and oxygen atoms in total. The van der Waals surface area contributed by atoms with E-state index in [0.29, 0.717) is 0 Å². The van der Waals surface area contributed by atoms with Crippen molar-refractivity contribution in [2.45, 2.75) is 76.8 Å². The van der Waals surface area contributed by atoms with E-state index in [1.807, 2.05) is 0 Å². The van der Waals surface area contributed by atoms with Gasteiger partial charge in [0.15, 0.2) is 0 Å². The van der Waals surface area contributed by atoms with Crippen LogP contribution in [0.1, 0.15) is 72.2 Å². The molecule has 0 saturated carbocycles. The molecule has 0 amide bonds. The lowest BCUT2D eigenvalue weighted by atomic mass is 9.70. The van der Waals surface area contributed by atoms with Crippen LogP contribution >= 0.6 is 0 Å². The minimum absolute atomic E-state index is 0.100. The highest BCUT2D eigenvalue weighted by Gasteiger charge is 2.63. The van der Waals surface area contributed by atoms with Gasteiger partial charge in [-0.05, 0) is 86.1 Å². The summed E-state index contributed by atoms with van der Waals surface area (Å²) in [5, 5.41) is 0. The fourth-order valence-electron chi connectivity index (χ4n) is 8.57. The van der Waals surface area contributed by atoms with Crippen molar-refractivity contribution in [2.24, 2.45) is 0 Å². The molecular formula is C34H36N2. The van der Waals surface area contributed by atoms with Gasteiger partial charge in [-0.1, -0.05) is 85.0 Å².